The van der Waals surface area contributed by atoms with Crippen molar-refractivity contribution < 1.29 is 28.6 Å². The minimum Gasteiger partial charge on any atom is -0.462 e. The lowest BCUT2D eigenvalue weighted by atomic mass is 10.1. The van der Waals surface area contributed by atoms with Gasteiger partial charge in [-0.15, -0.1) is 0 Å². The monoisotopic (exact) mass is 935 g/mol. The first kappa shape index (κ1) is 63.8. The molecule has 0 heterocycles. The highest BCUT2D eigenvalue weighted by Crippen LogP contribution is 2.15. The Labute approximate surface area is 414 Å². The van der Waals surface area contributed by atoms with Gasteiger partial charge < -0.3 is 14.2 Å². The molecule has 386 valence electrons. The second-order valence-corrected chi connectivity index (χ2v) is 18.8. The minimum absolute atomic E-state index is 0.0856. The molecule has 0 aromatic heterocycles. The van der Waals surface area contributed by atoms with Crippen molar-refractivity contribution >= 4 is 17.9 Å². The number of hydrogen-bond acceptors (Lipinski definition) is 6. The summed E-state index contributed by atoms with van der Waals surface area (Å²) in [7, 11) is 0. The third-order valence-electron chi connectivity index (χ3n) is 12.1. The van der Waals surface area contributed by atoms with Crippen molar-refractivity contribution in [2.24, 2.45) is 0 Å². The van der Waals surface area contributed by atoms with Crippen LogP contribution in [0.15, 0.2) is 72.9 Å². The quantitative estimate of drug-likeness (QED) is 0.0262. The Balaban J connectivity index is 4.25. The van der Waals surface area contributed by atoms with Gasteiger partial charge in [-0.1, -0.05) is 229 Å². The Morgan fingerprint density at radius 1 is 0.299 bits per heavy atom. The summed E-state index contributed by atoms with van der Waals surface area (Å²) in [5, 5.41) is 0. The fourth-order valence-electron chi connectivity index (χ4n) is 7.82. The van der Waals surface area contributed by atoms with Crippen molar-refractivity contribution in [3.05, 3.63) is 72.9 Å². The van der Waals surface area contributed by atoms with Crippen molar-refractivity contribution in [1.82, 2.24) is 0 Å². The molecule has 67 heavy (non-hydrogen) atoms. The second kappa shape index (κ2) is 55.4. The first-order chi connectivity index (χ1) is 33.0. The highest BCUT2D eigenvalue weighted by Gasteiger charge is 2.19. The summed E-state index contributed by atoms with van der Waals surface area (Å²) in [6.45, 7) is 6.51. The summed E-state index contributed by atoms with van der Waals surface area (Å²) < 4.78 is 16.8. The zero-order chi connectivity index (χ0) is 48.6. The van der Waals surface area contributed by atoms with Crippen LogP contribution in [0.2, 0.25) is 0 Å². The zero-order valence-corrected chi connectivity index (χ0v) is 44.2. The maximum atomic E-state index is 12.8. The van der Waals surface area contributed by atoms with Crippen LogP contribution in [-0.2, 0) is 28.6 Å². The Morgan fingerprint density at radius 3 is 0.955 bits per heavy atom. The third kappa shape index (κ3) is 53.7. The van der Waals surface area contributed by atoms with Crippen LogP contribution < -0.4 is 0 Å². The van der Waals surface area contributed by atoms with E-state index in [9.17, 15) is 14.4 Å². The molecule has 0 aliphatic carbocycles. The first-order valence-corrected chi connectivity index (χ1v) is 28.4. The average Bonchev–Trinajstić information content (AvgIpc) is 3.33. The SMILES string of the molecule is CCC/C=C\CCCCCCCC(=O)OCC(COC(=O)CCCCCCCCCCCC/C=C\C/C=C\C/C=C\CCCCCCC)OC(=O)CCCCCCC/C=C\C/C=C\CCCC. The summed E-state index contributed by atoms with van der Waals surface area (Å²) >= 11 is 0. The highest BCUT2D eigenvalue weighted by atomic mass is 16.6. The standard InChI is InChI=1S/C61H106O6/c1-4-7-10-13-16-19-22-24-26-27-28-29-30-31-32-33-34-35-36-38-39-42-45-48-51-54-60(63)66-57-58(56-65-59(62)53-50-47-44-41-21-18-15-12-9-6-3)67-61(64)55-52-49-46-43-40-37-25-23-20-17-14-11-8-5-2/h12,14-15,17,22-25,27-28,30-31,58H,4-11,13,16,18-21,26,29,32-57H2,1-3H3/b15-12-,17-14-,24-22-,25-23-,28-27-,31-30-. The molecule has 0 amide bonds. The van der Waals surface area contributed by atoms with E-state index < -0.39 is 6.10 Å². The lowest BCUT2D eigenvalue weighted by molar-refractivity contribution is -0.167. The molecular formula is C61H106O6. The molecule has 0 radical (unpaired) electrons. The van der Waals surface area contributed by atoms with Crippen molar-refractivity contribution in [3.8, 4) is 0 Å². The Kier molecular flexibility index (Phi) is 52.8. The molecule has 0 aliphatic heterocycles. The van der Waals surface area contributed by atoms with Gasteiger partial charge in [0.1, 0.15) is 13.2 Å². The van der Waals surface area contributed by atoms with E-state index in [2.05, 4.69) is 93.7 Å². The lowest BCUT2D eigenvalue weighted by Gasteiger charge is -2.18. The first-order valence-electron chi connectivity index (χ1n) is 28.4. The van der Waals surface area contributed by atoms with Gasteiger partial charge in [0.15, 0.2) is 6.10 Å². The van der Waals surface area contributed by atoms with Crippen molar-refractivity contribution in [2.45, 2.75) is 284 Å². The molecule has 1 atom stereocenters. The molecule has 0 spiro atoms. The summed E-state index contributed by atoms with van der Waals surface area (Å²) in [6.07, 6.45) is 70.4. The number of allylic oxidation sites excluding steroid dienone is 12. The van der Waals surface area contributed by atoms with E-state index in [0.717, 1.165) is 109 Å². The predicted molar refractivity (Wildman–Crippen MR) is 288 cm³/mol. The van der Waals surface area contributed by atoms with Crippen molar-refractivity contribution in [2.75, 3.05) is 13.2 Å². The minimum atomic E-state index is -0.787. The smallest absolute Gasteiger partial charge is 0.306 e. The van der Waals surface area contributed by atoms with Crippen LogP contribution in [0.3, 0.4) is 0 Å². The molecule has 0 N–H and O–H groups in total. The summed E-state index contributed by atoms with van der Waals surface area (Å²) in [5.74, 6) is -0.910. The number of rotatable bonds is 51. The van der Waals surface area contributed by atoms with E-state index in [4.69, 9.17) is 14.2 Å². The molecule has 0 saturated carbocycles. The molecule has 6 nitrogen and oxygen atoms in total. The number of carbonyl (C=O) groups excluding carboxylic acids is 3. The number of carbonyl (C=O) groups is 3. The van der Waals surface area contributed by atoms with Gasteiger partial charge in [0.05, 0.1) is 0 Å². The number of ether oxygens (including phenoxy) is 3. The largest absolute Gasteiger partial charge is 0.462 e. The molecule has 0 saturated heterocycles. The molecule has 0 bridgehead atoms. The lowest BCUT2D eigenvalue weighted by Crippen LogP contribution is -2.30. The average molecular weight is 936 g/mol. The van der Waals surface area contributed by atoms with Gasteiger partial charge in [-0.3, -0.25) is 14.4 Å². The maximum absolute atomic E-state index is 12.8. The number of hydrogen-bond donors (Lipinski definition) is 0. The van der Waals surface area contributed by atoms with Crippen molar-refractivity contribution in [3.63, 3.8) is 0 Å². The van der Waals surface area contributed by atoms with E-state index in [0.29, 0.717) is 19.3 Å². The topological polar surface area (TPSA) is 78.9 Å². The van der Waals surface area contributed by atoms with Crippen LogP contribution in [0.25, 0.3) is 0 Å². The van der Waals surface area contributed by atoms with E-state index in [1.54, 1.807) is 0 Å². The molecule has 1 unspecified atom stereocenters. The van der Waals surface area contributed by atoms with Crippen LogP contribution in [0.4, 0.5) is 0 Å². The molecule has 0 rings (SSSR count). The van der Waals surface area contributed by atoms with E-state index in [1.807, 2.05) is 0 Å². The third-order valence-corrected chi connectivity index (χ3v) is 12.1. The molecular weight excluding hydrogens is 829 g/mol. The van der Waals surface area contributed by atoms with E-state index in [-0.39, 0.29) is 31.1 Å². The summed E-state index contributed by atoms with van der Waals surface area (Å²) in [4.78, 5) is 38.0. The molecule has 0 fully saturated rings. The zero-order valence-electron chi connectivity index (χ0n) is 44.2. The van der Waals surface area contributed by atoms with Gasteiger partial charge in [0, 0.05) is 19.3 Å². The Morgan fingerprint density at radius 2 is 0.582 bits per heavy atom. The van der Waals surface area contributed by atoms with Crippen LogP contribution >= 0.6 is 0 Å². The molecule has 0 aliphatic rings. The van der Waals surface area contributed by atoms with Gasteiger partial charge in [-0.2, -0.15) is 0 Å². The van der Waals surface area contributed by atoms with Gasteiger partial charge in [-0.25, -0.2) is 0 Å². The van der Waals surface area contributed by atoms with E-state index >= 15 is 0 Å². The van der Waals surface area contributed by atoms with Crippen LogP contribution in [0, 0.1) is 0 Å². The van der Waals surface area contributed by atoms with Gasteiger partial charge in [0.2, 0.25) is 0 Å². The molecule has 0 aromatic carbocycles. The predicted octanol–water partition coefficient (Wildman–Crippen LogP) is 19.0. The number of esters is 3. The van der Waals surface area contributed by atoms with Crippen LogP contribution in [0.5, 0.6) is 0 Å². The van der Waals surface area contributed by atoms with E-state index in [1.165, 1.54) is 128 Å². The van der Waals surface area contributed by atoms with Crippen LogP contribution in [-0.4, -0.2) is 37.2 Å². The van der Waals surface area contributed by atoms with Gasteiger partial charge >= 0.3 is 17.9 Å². The fraction of sp³-hybridized carbons (Fsp3) is 0.754. The fourth-order valence-corrected chi connectivity index (χ4v) is 7.82. The van der Waals surface area contributed by atoms with Crippen molar-refractivity contribution in [1.29, 1.82) is 0 Å². The summed E-state index contributed by atoms with van der Waals surface area (Å²) in [6, 6.07) is 0. The van der Waals surface area contributed by atoms with Crippen LogP contribution in [0.1, 0.15) is 278 Å². The second-order valence-electron chi connectivity index (χ2n) is 18.8. The summed E-state index contributed by atoms with van der Waals surface area (Å²) in [5.41, 5.74) is 0. The maximum Gasteiger partial charge on any atom is 0.306 e. The molecule has 6 heteroatoms. The highest BCUT2D eigenvalue weighted by molar-refractivity contribution is 5.71. The Hall–Kier alpha value is -3.15. The number of unbranched alkanes of at least 4 members (excludes halogenated alkanes) is 28. The normalized spacial score (nSPS) is 12.6. The molecule has 0 aromatic rings. The van der Waals surface area contributed by atoms with Gasteiger partial charge in [0.25, 0.3) is 0 Å². The Bertz CT molecular complexity index is 1260. The van der Waals surface area contributed by atoms with Gasteiger partial charge in [-0.05, 0) is 103 Å².